The van der Waals surface area contributed by atoms with E-state index in [1.807, 2.05) is 86.9 Å². The van der Waals surface area contributed by atoms with Gasteiger partial charge in [-0.3, -0.25) is 14.6 Å². The smallest absolute Gasteiger partial charge is 0.335 e. The molecule has 65 heavy (non-hydrogen) atoms. The number of carbonyl (C=O) groups is 4. The number of anilines is 2. The van der Waals surface area contributed by atoms with Crippen molar-refractivity contribution >= 4 is 84.9 Å². The van der Waals surface area contributed by atoms with E-state index in [1.165, 1.54) is 23.1 Å². The zero-order chi connectivity index (χ0) is 46.5. The van der Waals surface area contributed by atoms with E-state index in [2.05, 4.69) is 75.2 Å². The van der Waals surface area contributed by atoms with Gasteiger partial charge in [-0.05, 0) is 86.9 Å². The predicted octanol–water partition coefficient (Wildman–Crippen LogP) is 8.45. The third-order valence-corrected chi connectivity index (χ3v) is 14.4. The molecule has 7 rings (SSSR count). The van der Waals surface area contributed by atoms with Crippen molar-refractivity contribution in [2.45, 2.75) is 70.3 Å². The van der Waals surface area contributed by atoms with Crippen LogP contribution in [0.5, 0.6) is 0 Å². The molecule has 4 aromatic rings. The first-order valence-corrected chi connectivity index (χ1v) is 23.6. The van der Waals surface area contributed by atoms with Crippen molar-refractivity contribution in [3.05, 3.63) is 130 Å². The molecule has 0 aliphatic carbocycles. The molecule has 0 saturated carbocycles. The molecule has 3 aliphatic rings. The Morgan fingerprint density at radius 1 is 0.846 bits per heavy atom. The summed E-state index contributed by atoms with van der Waals surface area (Å²) in [7, 11) is 4.05. The number of allylic oxidation sites excluding steroid dienone is 8. The summed E-state index contributed by atoms with van der Waals surface area (Å²) in [6.45, 7) is 10.1. The number of hydrogen-bond acceptors (Lipinski definition) is 10. The number of likely N-dealkylation sites (N-methyl/N-ethyl adjacent to an activating group) is 1. The van der Waals surface area contributed by atoms with Gasteiger partial charge < -0.3 is 31.1 Å². The van der Waals surface area contributed by atoms with Gasteiger partial charge in [-0.25, -0.2) is 14.6 Å². The number of aromatic carboxylic acids is 1. The first-order chi connectivity index (χ1) is 31.1. The Hall–Kier alpha value is -6.32. The monoisotopic (exact) mass is 914 g/mol. The van der Waals surface area contributed by atoms with Crippen molar-refractivity contribution in [3.63, 3.8) is 0 Å². The van der Waals surface area contributed by atoms with E-state index in [0.29, 0.717) is 42.4 Å². The zero-order valence-electron chi connectivity index (χ0n) is 37.6. The summed E-state index contributed by atoms with van der Waals surface area (Å²) in [4.78, 5) is 59.6. The van der Waals surface area contributed by atoms with Gasteiger partial charge in [0.1, 0.15) is 17.1 Å². The zero-order valence-corrected chi connectivity index (χ0v) is 39.2. The molecular formula is C50H56N7O6S2+. The Labute approximate surface area is 387 Å². The fourth-order valence-corrected chi connectivity index (χ4v) is 10.7. The number of thioether (sulfide) groups is 1. The highest BCUT2D eigenvalue weighted by atomic mass is 32.2. The van der Waals surface area contributed by atoms with E-state index < -0.39 is 18.0 Å². The fraction of sp³-hybridized carbons (Fsp3) is 0.340. The molecule has 0 saturated heterocycles. The van der Waals surface area contributed by atoms with Crippen molar-refractivity contribution in [2.24, 2.45) is 4.99 Å². The number of thiazole rings is 1. The van der Waals surface area contributed by atoms with Crippen LogP contribution in [0.2, 0.25) is 0 Å². The Morgan fingerprint density at radius 2 is 1.60 bits per heavy atom. The molecule has 0 bridgehead atoms. The lowest BCUT2D eigenvalue weighted by Crippen LogP contribution is -2.28. The average Bonchev–Trinajstić information content (AvgIpc) is 4.03. The van der Waals surface area contributed by atoms with E-state index >= 15 is 0 Å². The normalized spacial score (nSPS) is 18.0. The lowest BCUT2D eigenvalue weighted by atomic mass is 9.81. The minimum Gasteiger partial charge on any atom is -0.480 e. The first-order valence-electron chi connectivity index (χ1n) is 21.8. The number of aliphatic imine (C=N–C) groups is 1. The maximum atomic E-state index is 13.2. The summed E-state index contributed by atoms with van der Waals surface area (Å²) < 4.78 is 3.09. The largest absolute Gasteiger partial charge is 0.480 e. The number of fused-ring (bicyclic) bond motifs is 3. The van der Waals surface area contributed by atoms with E-state index in [9.17, 15) is 29.4 Å². The molecule has 0 unspecified atom stereocenters. The molecule has 5 N–H and O–H groups in total. The molecule has 2 amide bonds. The summed E-state index contributed by atoms with van der Waals surface area (Å²) in [6, 6.07) is 16.3. The van der Waals surface area contributed by atoms with Crippen LogP contribution in [-0.4, -0.2) is 99.8 Å². The van der Waals surface area contributed by atoms with Gasteiger partial charge in [0, 0.05) is 84.6 Å². The van der Waals surface area contributed by atoms with Crippen LogP contribution in [0.3, 0.4) is 0 Å². The number of amides is 2. The van der Waals surface area contributed by atoms with Crippen molar-refractivity contribution in [2.75, 3.05) is 49.7 Å². The standard InChI is InChI=1S/C50H55N7O6S2/c1-49(2)34-27-31(18-22-38(34)56(5)41(49)15-11-8-7-9-12-16-42-50(3,4)35-28-32(47(60)61)19-23-39(35)57(42)6)44(59)53-24-14-10-13-17-43(58)52-26-25-51-33-20-21-36-40(29-33)65-46(54-36)45-55-37(30-64-45)48(62)63/h7-9,11-12,15-16,18-23,27-29,37H,10,13-14,17,24-26,30H2,1-6H3,(H4-,51,52,53,55,58,59,60,61,62,63)/p+1/t37-/m1/s1. The minimum absolute atomic E-state index is 0.00421. The first kappa shape index (κ1) is 46.7. The molecule has 3 aliphatic heterocycles. The topological polar surface area (TPSA) is 176 Å². The van der Waals surface area contributed by atoms with Crippen molar-refractivity contribution in [3.8, 4) is 0 Å². The van der Waals surface area contributed by atoms with Crippen molar-refractivity contribution in [1.82, 2.24) is 15.6 Å². The second-order valence-electron chi connectivity index (χ2n) is 17.3. The Morgan fingerprint density at radius 3 is 2.37 bits per heavy atom. The van der Waals surface area contributed by atoms with Gasteiger partial charge in [-0.15, -0.1) is 23.1 Å². The van der Waals surface area contributed by atoms with Gasteiger partial charge in [0.25, 0.3) is 5.91 Å². The number of nitrogens with zero attached hydrogens (tertiary/aromatic N) is 4. The van der Waals surface area contributed by atoms with Crippen molar-refractivity contribution in [1.29, 1.82) is 0 Å². The number of rotatable bonds is 18. The van der Waals surface area contributed by atoms with E-state index in [4.69, 9.17) is 0 Å². The predicted molar refractivity (Wildman–Crippen MR) is 263 cm³/mol. The Bertz CT molecular complexity index is 2730. The van der Waals surface area contributed by atoms with Crippen LogP contribution in [0.15, 0.2) is 108 Å². The SMILES string of the molecule is CN1/C(=C/C=C/C=C/C=C/C2=[N+](C)c3ccc(C(=O)O)cc3C2(C)C)C(C)(C)c2cc(C(=O)NCCCCCC(=O)NCCNc3ccc4nc(C5=N[C@@H](C(=O)O)CS5)sc4c3)ccc21. The highest BCUT2D eigenvalue weighted by Crippen LogP contribution is 2.47. The van der Waals surface area contributed by atoms with E-state index in [-0.39, 0.29) is 28.2 Å². The molecule has 1 atom stereocenters. The molecule has 15 heteroatoms. The number of benzene rings is 3. The second-order valence-corrected chi connectivity index (χ2v) is 19.4. The lowest BCUT2D eigenvalue weighted by Gasteiger charge is -2.23. The molecule has 4 heterocycles. The number of aromatic nitrogens is 1. The van der Waals surface area contributed by atoms with E-state index in [1.54, 1.807) is 12.1 Å². The van der Waals surface area contributed by atoms with Gasteiger partial charge in [0.15, 0.2) is 11.8 Å². The lowest BCUT2D eigenvalue weighted by molar-refractivity contribution is -0.401. The molecule has 1 aromatic heterocycles. The Kier molecular flexibility index (Phi) is 14.2. The highest BCUT2D eigenvalue weighted by Gasteiger charge is 2.43. The summed E-state index contributed by atoms with van der Waals surface area (Å²) in [6.07, 6.45) is 16.9. The minimum atomic E-state index is -0.928. The number of carboxylic acid groups (broad SMARTS) is 2. The number of unbranched alkanes of at least 4 members (excludes halogenated alkanes) is 2. The molecule has 3 aromatic carbocycles. The fourth-order valence-electron chi connectivity index (χ4n) is 8.56. The average molecular weight is 915 g/mol. The van der Waals surface area contributed by atoms with Gasteiger partial charge >= 0.3 is 11.9 Å². The quantitative estimate of drug-likeness (QED) is 0.0370. The third-order valence-electron chi connectivity index (χ3n) is 12.2. The van der Waals surface area contributed by atoms with E-state index in [0.717, 1.165) is 74.1 Å². The third kappa shape index (κ3) is 10.3. The van der Waals surface area contributed by atoms with Gasteiger partial charge in [-0.2, -0.15) is 4.58 Å². The molecule has 13 nitrogen and oxygen atoms in total. The summed E-state index contributed by atoms with van der Waals surface area (Å²) in [5.74, 6) is -1.55. The van der Waals surface area contributed by atoms with Crippen LogP contribution in [0, 0.1) is 0 Å². The van der Waals surface area contributed by atoms with Gasteiger partial charge in [0.05, 0.1) is 21.2 Å². The Balaban J connectivity index is 0.806. The summed E-state index contributed by atoms with van der Waals surface area (Å²) >= 11 is 2.90. The molecule has 0 fully saturated rings. The number of nitrogens with one attached hydrogen (secondary N) is 3. The van der Waals surface area contributed by atoms with Crippen LogP contribution in [0.25, 0.3) is 10.2 Å². The van der Waals surface area contributed by atoms with Crippen LogP contribution in [0.1, 0.15) is 90.2 Å². The maximum Gasteiger partial charge on any atom is 0.335 e. The van der Waals surface area contributed by atoms with Gasteiger partial charge in [-0.1, -0.05) is 50.6 Å². The van der Waals surface area contributed by atoms with Gasteiger partial charge in [0.2, 0.25) is 11.6 Å². The highest BCUT2D eigenvalue weighted by molar-refractivity contribution is 8.15. The van der Waals surface area contributed by atoms with Crippen molar-refractivity contribution < 1.29 is 34.0 Å². The second kappa shape index (κ2) is 19.8. The van der Waals surface area contributed by atoms with Crippen LogP contribution >= 0.6 is 23.1 Å². The molecule has 338 valence electrons. The summed E-state index contributed by atoms with van der Waals surface area (Å²) in [5.41, 5.74) is 8.36. The number of aliphatic carboxylic acids is 1. The number of carbonyl (C=O) groups excluding carboxylic acids is 2. The summed E-state index contributed by atoms with van der Waals surface area (Å²) in [5, 5.41) is 29.5. The maximum absolute atomic E-state index is 13.2. The molecule has 0 radical (unpaired) electrons. The number of carboxylic acids is 2. The van der Waals surface area contributed by atoms with Crippen LogP contribution in [-0.2, 0) is 20.4 Å². The molecule has 0 spiro atoms. The number of hydrogen-bond donors (Lipinski definition) is 5. The van der Waals surface area contributed by atoms with Crippen LogP contribution < -0.4 is 20.9 Å². The van der Waals surface area contributed by atoms with Crippen LogP contribution in [0.4, 0.5) is 17.1 Å². The molecular weight excluding hydrogens is 859 g/mol.